The van der Waals surface area contributed by atoms with Gasteiger partial charge in [-0.1, -0.05) is 67.8 Å². The van der Waals surface area contributed by atoms with E-state index in [-0.39, 0.29) is 0 Å². The summed E-state index contributed by atoms with van der Waals surface area (Å²) < 4.78 is 0. The molecule has 0 aliphatic carbocycles. The van der Waals surface area contributed by atoms with Crippen molar-refractivity contribution in [2.24, 2.45) is 0 Å². The van der Waals surface area contributed by atoms with Crippen molar-refractivity contribution in [3.63, 3.8) is 0 Å². The fourth-order valence-corrected chi connectivity index (χ4v) is 2.08. The monoisotopic (exact) mass is 234 g/mol. The van der Waals surface area contributed by atoms with Crippen LogP contribution in [0.2, 0.25) is 0 Å². The average Bonchev–Trinajstić information content (AvgIpc) is 2.46. The van der Waals surface area contributed by atoms with Crippen molar-refractivity contribution < 1.29 is 0 Å². The summed E-state index contributed by atoms with van der Waals surface area (Å²) in [7, 11) is 0. The minimum Gasteiger partial charge on any atom is -0.0985 e. The summed E-state index contributed by atoms with van der Waals surface area (Å²) in [5.74, 6) is 0. The van der Waals surface area contributed by atoms with Crippen LogP contribution in [0.5, 0.6) is 0 Å². The van der Waals surface area contributed by atoms with Crippen molar-refractivity contribution in [3.8, 4) is 0 Å². The van der Waals surface area contributed by atoms with Crippen molar-refractivity contribution in [1.29, 1.82) is 0 Å². The van der Waals surface area contributed by atoms with Crippen LogP contribution in [0, 0.1) is 0 Å². The lowest BCUT2D eigenvalue weighted by Crippen LogP contribution is -1.94. The summed E-state index contributed by atoms with van der Waals surface area (Å²) >= 11 is 0. The predicted molar refractivity (Wildman–Crippen MR) is 80.5 cm³/mol. The molecule has 0 bridgehead atoms. The highest BCUT2D eigenvalue weighted by atomic mass is 14.1. The van der Waals surface area contributed by atoms with E-state index in [0.717, 1.165) is 18.4 Å². The van der Waals surface area contributed by atoms with Crippen LogP contribution in [-0.4, -0.2) is 0 Å². The summed E-state index contributed by atoms with van der Waals surface area (Å²) in [6, 6.07) is 17.0. The first-order valence-electron chi connectivity index (χ1n) is 6.25. The second-order valence-electron chi connectivity index (χ2n) is 4.35. The Morgan fingerprint density at radius 1 is 0.833 bits per heavy atom. The number of aryl methyl sites for hydroxylation is 2. The Kier molecular flexibility index (Phi) is 4.14. The molecule has 0 heteroatoms. The van der Waals surface area contributed by atoms with Gasteiger partial charge in [0.15, 0.2) is 0 Å². The van der Waals surface area contributed by atoms with E-state index in [2.05, 4.69) is 61.7 Å². The first-order chi connectivity index (χ1) is 8.83. The van der Waals surface area contributed by atoms with E-state index in [1.165, 1.54) is 16.7 Å². The summed E-state index contributed by atoms with van der Waals surface area (Å²) in [4.78, 5) is 0. The number of hydrogen-bond acceptors (Lipinski definition) is 0. The van der Waals surface area contributed by atoms with E-state index in [0.29, 0.717) is 0 Å². The second kappa shape index (κ2) is 6.02. The van der Waals surface area contributed by atoms with Gasteiger partial charge in [-0.15, -0.1) is 0 Å². The molecule has 0 nitrogen and oxygen atoms in total. The van der Waals surface area contributed by atoms with E-state index in [4.69, 9.17) is 0 Å². The lowest BCUT2D eigenvalue weighted by atomic mass is 9.98. The Hall–Kier alpha value is -2.08. The van der Waals surface area contributed by atoms with Gasteiger partial charge in [0.05, 0.1) is 0 Å². The minimum absolute atomic E-state index is 1.04. The summed E-state index contributed by atoms with van der Waals surface area (Å²) in [6.07, 6.45) is 5.90. The van der Waals surface area contributed by atoms with Gasteiger partial charge < -0.3 is 0 Å². The largest absolute Gasteiger partial charge is 0.0985 e. The van der Waals surface area contributed by atoms with Gasteiger partial charge in [0.1, 0.15) is 0 Å². The fraction of sp³-hybridized carbons (Fsp3) is 0.111. The summed E-state index contributed by atoms with van der Waals surface area (Å²) in [6.45, 7) is 7.68. The van der Waals surface area contributed by atoms with Crippen LogP contribution in [0.15, 0.2) is 61.7 Å². The van der Waals surface area contributed by atoms with Gasteiger partial charge in [-0.25, -0.2) is 0 Å². The lowest BCUT2D eigenvalue weighted by Gasteiger charge is -2.07. The van der Waals surface area contributed by atoms with Crippen LogP contribution < -0.4 is 0 Å². The molecule has 0 saturated heterocycles. The first kappa shape index (κ1) is 12.4. The number of rotatable bonds is 5. The van der Waals surface area contributed by atoms with Gasteiger partial charge in [-0.2, -0.15) is 0 Å². The van der Waals surface area contributed by atoms with Crippen LogP contribution in [0.1, 0.15) is 22.3 Å². The molecule has 0 spiro atoms. The molecule has 0 atom stereocenters. The molecular formula is C18H18. The molecule has 0 heterocycles. The summed E-state index contributed by atoms with van der Waals surface area (Å²) in [5.41, 5.74) is 5.08. The zero-order valence-corrected chi connectivity index (χ0v) is 10.6. The fourth-order valence-electron chi connectivity index (χ4n) is 2.08. The Labute approximate surface area is 109 Å². The Balaban J connectivity index is 2.14. The van der Waals surface area contributed by atoms with Crippen LogP contribution in [0.3, 0.4) is 0 Å². The maximum Gasteiger partial charge on any atom is -0.0224 e. The maximum absolute atomic E-state index is 3.89. The SMILES string of the molecule is C=Cc1ccc(CCc2ccccc2)c(C=C)c1. The van der Waals surface area contributed by atoms with Crippen molar-refractivity contribution in [1.82, 2.24) is 0 Å². The highest BCUT2D eigenvalue weighted by Crippen LogP contribution is 2.16. The van der Waals surface area contributed by atoms with E-state index >= 15 is 0 Å². The molecule has 2 aromatic carbocycles. The number of hydrogen-bond donors (Lipinski definition) is 0. The molecule has 0 amide bonds. The second-order valence-corrected chi connectivity index (χ2v) is 4.35. The Morgan fingerprint density at radius 3 is 2.28 bits per heavy atom. The molecule has 2 aromatic rings. The zero-order valence-electron chi connectivity index (χ0n) is 10.6. The van der Waals surface area contributed by atoms with E-state index < -0.39 is 0 Å². The average molecular weight is 234 g/mol. The minimum atomic E-state index is 1.04. The van der Waals surface area contributed by atoms with Crippen LogP contribution >= 0.6 is 0 Å². The maximum atomic E-state index is 3.89. The smallest absolute Gasteiger partial charge is 0.0224 e. The highest BCUT2D eigenvalue weighted by molar-refractivity contribution is 5.59. The van der Waals surface area contributed by atoms with Gasteiger partial charge in [0, 0.05) is 0 Å². The molecule has 0 saturated carbocycles. The third-order valence-electron chi connectivity index (χ3n) is 3.15. The quantitative estimate of drug-likeness (QED) is 0.700. The molecule has 0 aliphatic heterocycles. The Morgan fingerprint density at radius 2 is 1.61 bits per heavy atom. The molecule has 18 heavy (non-hydrogen) atoms. The van der Waals surface area contributed by atoms with E-state index in [1.54, 1.807) is 0 Å². The molecule has 2 rings (SSSR count). The third kappa shape index (κ3) is 2.98. The van der Waals surface area contributed by atoms with Crippen molar-refractivity contribution in [2.45, 2.75) is 12.8 Å². The molecule has 0 radical (unpaired) electrons. The lowest BCUT2D eigenvalue weighted by molar-refractivity contribution is 0.957. The summed E-state index contributed by atoms with van der Waals surface area (Å²) in [5, 5.41) is 0. The normalized spacial score (nSPS) is 10.0. The van der Waals surface area contributed by atoms with Gasteiger partial charge in [0.25, 0.3) is 0 Å². The molecular weight excluding hydrogens is 216 g/mol. The Bertz CT molecular complexity index is 535. The van der Waals surface area contributed by atoms with Crippen LogP contribution in [-0.2, 0) is 12.8 Å². The third-order valence-corrected chi connectivity index (χ3v) is 3.15. The molecule has 0 unspecified atom stereocenters. The van der Waals surface area contributed by atoms with Gasteiger partial charge in [-0.05, 0) is 41.2 Å². The molecule has 0 N–H and O–H groups in total. The predicted octanol–water partition coefficient (Wildman–Crippen LogP) is 4.76. The van der Waals surface area contributed by atoms with Crippen LogP contribution in [0.4, 0.5) is 0 Å². The molecule has 0 fully saturated rings. The van der Waals surface area contributed by atoms with Gasteiger partial charge in [0.2, 0.25) is 0 Å². The van der Waals surface area contributed by atoms with Gasteiger partial charge >= 0.3 is 0 Å². The van der Waals surface area contributed by atoms with Crippen LogP contribution in [0.25, 0.3) is 12.2 Å². The highest BCUT2D eigenvalue weighted by Gasteiger charge is 2.01. The first-order valence-corrected chi connectivity index (χ1v) is 6.25. The van der Waals surface area contributed by atoms with E-state index in [9.17, 15) is 0 Å². The van der Waals surface area contributed by atoms with Crippen molar-refractivity contribution in [3.05, 3.63) is 83.9 Å². The number of benzene rings is 2. The topological polar surface area (TPSA) is 0 Å². The van der Waals surface area contributed by atoms with Gasteiger partial charge in [-0.3, -0.25) is 0 Å². The van der Waals surface area contributed by atoms with Crippen molar-refractivity contribution >= 4 is 12.2 Å². The van der Waals surface area contributed by atoms with Crippen molar-refractivity contribution in [2.75, 3.05) is 0 Å². The molecule has 0 aromatic heterocycles. The molecule has 0 aliphatic rings. The molecule has 90 valence electrons. The van der Waals surface area contributed by atoms with E-state index in [1.807, 2.05) is 12.2 Å². The standard InChI is InChI=1S/C18H18/c1-3-15-10-12-18(17(4-2)14-15)13-11-16-8-6-5-7-9-16/h3-10,12,14H,1-2,11,13H2. The zero-order chi connectivity index (χ0) is 12.8.